The van der Waals surface area contributed by atoms with Crippen molar-refractivity contribution in [3.8, 4) is 0 Å². The molecule has 1 amide bonds. The number of nitrogens with zero attached hydrogens (tertiary/aromatic N) is 4. The minimum absolute atomic E-state index is 0.0594. The van der Waals surface area contributed by atoms with Crippen LogP contribution in [0.1, 0.15) is 26.7 Å². The number of anilines is 1. The third-order valence-corrected chi connectivity index (χ3v) is 3.64. The number of methoxy groups -OCH3 is 1. The van der Waals surface area contributed by atoms with Gasteiger partial charge in [0.25, 0.3) is 5.91 Å². The fourth-order valence-electron chi connectivity index (χ4n) is 1.84. The summed E-state index contributed by atoms with van der Waals surface area (Å²) in [5.74, 6) is -1.01. The van der Waals surface area contributed by atoms with Crippen LogP contribution in [0.25, 0.3) is 0 Å². The molecule has 0 aliphatic rings. The smallest absolute Gasteiger partial charge is 0.360 e. The summed E-state index contributed by atoms with van der Waals surface area (Å²) in [4.78, 5) is 24.1. The Bertz CT molecular complexity index is 699. The number of nitrogens with one attached hydrogen (secondary N) is 1. The minimum atomic E-state index is -0.613. The van der Waals surface area contributed by atoms with Gasteiger partial charge in [0.1, 0.15) is 5.69 Å². The lowest BCUT2D eigenvalue weighted by atomic mass is 10.2. The third-order valence-electron chi connectivity index (χ3n) is 3.06. The molecule has 0 radical (unpaired) electrons. The van der Waals surface area contributed by atoms with E-state index in [9.17, 15) is 9.59 Å². The Balaban J connectivity index is 2.40. The van der Waals surface area contributed by atoms with Gasteiger partial charge in [-0.2, -0.15) is 10.2 Å². The van der Waals surface area contributed by atoms with Gasteiger partial charge in [0.05, 0.1) is 29.2 Å². The van der Waals surface area contributed by atoms with Crippen LogP contribution in [-0.4, -0.2) is 38.5 Å². The van der Waals surface area contributed by atoms with Gasteiger partial charge in [0, 0.05) is 14.1 Å². The summed E-state index contributed by atoms with van der Waals surface area (Å²) >= 11 is 3.26. The van der Waals surface area contributed by atoms with E-state index in [-0.39, 0.29) is 5.69 Å². The summed E-state index contributed by atoms with van der Waals surface area (Å²) < 4.78 is 8.16. The first-order valence-corrected chi connectivity index (χ1v) is 6.76. The van der Waals surface area contributed by atoms with Crippen LogP contribution in [0.3, 0.4) is 0 Å². The number of ether oxygens (including phenoxy) is 1. The number of rotatable bonds is 3. The predicted octanol–water partition coefficient (Wildman–Crippen LogP) is 1.26. The molecule has 0 bridgehead atoms. The van der Waals surface area contributed by atoms with Crippen LogP contribution in [0.4, 0.5) is 5.69 Å². The minimum Gasteiger partial charge on any atom is -0.464 e. The Morgan fingerprint density at radius 3 is 2.52 bits per heavy atom. The van der Waals surface area contributed by atoms with E-state index in [4.69, 9.17) is 0 Å². The average Bonchev–Trinajstić information content (AvgIpc) is 2.92. The van der Waals surface area contributed by atoms with Crippen LogP contribution in [0, 0.1) is 6.92 Å². The van der Waals surface area contributed by atoms with Crippen LogP contribution >= 0.6 is 15.9 Å². The van der Waals surface area contributed by atoms with Crippen molar-refractivity contribution in [2.24, 2.45) is 14.1 Å². The zero-order valence-electron chi connectivity index (χ0n) is 12.0. The average molecular weight is 356 g/mol. The van der Waals surface area contributed by atoms with E-state index in [0.717, 1.165) is 0 Å². The van der Waals surface area contributed by atoms with Gasteiger partial charge < -0.3 is 10.1 Å². The van der Waals surface area contributed by atoms with Crippen molar-refractivity contribution in [1.82, 2.24) is 19.6 Å². The highest BCUT2D eigenvalue weighted by molar-refractivity contribution is 9.10. The van der Waals surface area contributed by atoms with Crippen molar-refractivity contribution in [3.05, 3.63) is 27.8 Å². The zero-order chi connectivity index (χ0) is 15.7. The second-order valence-corrected chi connectivity index (χ2v) is 5.20. The molecule has 9 heteroatoms. The zero-order valence-corrected chi connectivity index (χ0v) is 13.6. The molecule has 0 aromatic carbocycles. The van der Waals surface area contributed by atoms with E-state index in [2.05, 4.69) is 36.2 Å². The monoisotopic (exact) mass is 355 g/mol. The van der Waals surface area contributed by atoms with Gasteiger partial charge in [0.15, 0.2) is 5.69 Å². The highest BCUT2D eigenvalue weighted by Crippen LogP contribution is 2.23. The topological polar surface area (TPSA) is 91.0 Å². The van der Waals surface area contributed by atoms with Gasteiger partial charge in [-0.05, 0) is 22.9 Å². The van der Waals surface area contributed by atoms with E-state index >= 15 is 0 Å². The Morgan fingerprint density at radius 2 is 2.00 bits per heavy atom. The number of aryl methyl sites for hydroxylation is 2. The van der Waals surface area contributed by atoms with Crippen molar-refractivity contribution in [2.45, 2.75) is 6.92 Å². The number of carbonyl (C=O) groups is 2. The summed E-state index contributed by atoms with van der Waals surface area (Å²) in [7, 11) is 4.59. The Kier molecular flexibility index (Phi) is 4.12. The first-order valence-electron chi connectivity index (χ1n) is 5.97. The van der Waals surface area contributed by atoms with Crippen LogP contribution in [0.5, 0.6) is 0 Å². The van der Waals surface area contributed by atoms with Gasteiger partial charge in [-0.15, -0.1) is 0 Å². The van der Waals surface area contributed by atoms with Crippen molar-refractivity contribution in [1.29, 1.82) is 0 Å². The molecule has 112 valence electrons. The summed E-state index contributed by atoms with van der Waals surface area (Å²) in [6.45, 7) is 1.74. The quantitative estimate of drug-likeness (QED) is 0.837. The Labute approximate surface area is 129 Å². The number of hydrogen-bond donors (Lipinski definition) is 1. The van der Waals surface area contributed by atoms with Crippen LogP contribution in [0.2, 0.25) is 0 Å². The number of carbonyl (C=O) groups excluding carboxylic acids is 2. The fourth-order valence-corrected chi connectivity index (χ4v) is 2.36. The second-order valence-electron chi connectivity index (χ2n) is 4.34. The molecule has 2 rings (SSSR count). The molecule has 2 aromatic heterocycles. The van der Waals surface area contributed by atoms with Gasteiger partial charge in [-0.3, -0.25) is 14.2 Å². The van der Waals surface area contributed by atoms with Gasteiger partial charge >= 0.3 is 5.97 Å². The molecule has 0 saturated carbocycles. The number of halogens is 1. The number of aromatic nitrogens is 4. The van der Waals surface area contributed by atoms with E-state index < -0.39 is 11.9 Å². The molecule has 1 N–H and O–H groups in total. The predicted molar refractivity (Wildman–Crippen MR) is 78.1 cm³/mol. The van der Waals surface area contributed by atoms with Crippen molar-refractivity contribution in [3.63, 3.8) is 0 Å². The molecule has 2 heterocycles. The summed E-state index contributed by atoms with van der Waals surface area (Å²) in [6.07, 6.45) is 1.52. The highest BCUT2D eigenvalue weighted by Gasteiger charge is 2.24. The van der Waals surface area contributed by atoms with Crippen molar-refractivity contribution in [2.75, 3.05) is 12.4 Å². The maximum atomic E-state index is 12.4. The lowest BCUT2D eigenvalue weighted by Crippen LogP contribution is -2.19. The van der Waals surface area contributed by atoms with Crippen LogP contribution in [0.15, 0.2) is 10.7 Å². The standard InChI is InChI=1S/C12H14BrN5O3/c1-6-8(9(12(20)21-4)16-17(6)2)15-11(19)10-7(13)5-14-18(10)3/h5H,1-4H3,(H,15,19). The number of amides is 1. The summed E-state index contributed by atoms with van der Waals surface area (Å²) in [5, 5.41) is 10.7. The molecular formula is C12H14BrN5O3. The van der Waals surface area contributed by atoms with E-state index in [1.165, 1.54) is 22.7 Å². The van der Waals surface area contributed by atoms with Gasteiger partial charge in [-0.1, -0.05) is 0 Å². The lowest BCUT2D eigenvalue weighted by molar-refractivity contribution is 0.0594. The second kappa shape index (κ2) is 5.68. The summed E-state index contributed by atoms with van der Waals surface area (Å²) in [5.41, 5.74) is 1.36. The Hall–Kier alpha value is -2.16. The molecule has 0 unspecified atom stereocenters. The highest BCUT2D eigenvalue weighted by atomic mass is 79.9. The van der Waals surface area contributed by atoms with Crippen LogP contribution in [-0.2, 0) is 18.8 Å². The van der Waals surface area contributed by atoms with Crippen molar-refractivity contribution >= 4 is 33.5 Å². The molecular weight excluding hydrogens is 342 g/mol. The molecule has 0 aliphatic carbocycles. The van der Waals surface area contributed by atoms with E-state index in [0.29, 0.717) is 21.5 Å². The maximum Gasteiger partial charge on any atom is 0.360 e. The molecule has 21 heavy (non-hydrogen) atoms. The summed E-state index contributed by atoms with van der Waals surface area (Å²) in [6, 6.07) is 0. The fraction of sp³-hybridized carbons (Fsp3) is 0.333. The molecule has 0 fully saturated rings. The lowest BCUT2D eigenvalue weighted by Gasteiger charge is -2.07. The normalized spacial score (nSPS) is 10.5. The number of hydrogen-bond acceptors (Lipinski definition) is 5. The largest absolute Gasteiger partial charge is 0.464 e. The SMILES string of the molecule is COC(=O)c1nn(C)c(C)c1NC(=O)c1c(Br)cnn1C. The number of esters is 1. The molecule has 0 atom stereocenters. The molecule has 0 spiro atoms. The maximum absolute atomic E-state index is 12.4. The van der Waals surface area contributed by atoms with Crippen molar-refractivity contribution < 1.29 is 14.3 Å². The molecule has 2 aromatic rings. The molecule has 0 aliphatic heterocycles. The molecule has 8 nitrogen and oxygen atoms in total. The van der Waals surface area contributed by atoms with E-state index in [1.54, 1.807) is 21.0 Å². The first kappa shape index (κ1) is 15.2. The molecule has 0 saturated heterocycles. The van der Waals surface area contributed by atoms with Gasteiger partial charge in [-0.25, -0.2) is 4.79 Å². The first-order chi connectivity index (χ1) is 9.86. The van der Waals surface area contributed by atoms with Crippen LogP contribution < -0.4 is 5.32 Å². The van der Waals surface area contributed by atoms with E-state index in [1.807, 2.05) is 0 Å². The third kappa shape index (κ3) is 2.68. The Morgan fingerprint density at radius 1 is 1.33 bits per heavy atom. The van der Waals surface area contributed by atoms with Gasteiger partial charge in [0.2, 0.25) is 0 Å².